The van der Waals surface area contributed by atoms with Gasteiger partial charge in [0, 0.05) is 5.75 Å². The van der Waals surface area contributed by atoms with Gasteiger partial charge in [0.05, 0.1) is 10.0 Å². The van der Waals surface area contributed by atoms with Crippen LogP contribution in [-0.2, 0) is 5.75 Å². The van der Waals surface area contributed by atoms with Gasteiger partial charge in [0.15, 0.2) is 5.17 Å². The average Bonchev–Trinajstić information content (AvgIpc) is 2.07. The van der Waals surface area contributed by atoms with Crippen molar-refractivity contribution in [3.05, 3.63) is 33.8 Å². The van der Waals surface area contributed by atoms with Crippen molar-refractivity contribution in [1.29, 1.82) is 5.41 Å². The number of amidine groups is 1. The van der Waals surface area contributed by atoms with Gasteiger partial charge in [0.2, 0.25) is 0 Å². The Hall–Kier alpha value is 0.1000. The third kappa shape index (κ3) is 4.55. The number of nitrogens with two attached hydrogens (primary N) is 1. The van der Waals surface area contributed by atoms with E-state index in [9.17, 15) is 0 Å². The Morgan fingerprint density at radius 2 is 2.00 bits per heavy atom. The Kier molecular flexibility index (Phi) is 6.61. The van der Waals surface area contributed by atoms with Crippen LogP contribution >= 0.6 is 51.9 Å². The van der Waals surface area contributed by atoms with Crippen LogP contribution < -0.4 is 5.73 Å². The molecule has 0 atom stereocenters. The Morgan fingerprint density at radius 1 is 1.36 bits per heavy atom. The second kappa shape index (κ2) is 6.56. The highest BCUT2D eigenvalue weighted by molar-refractivity contribution is 8.93. The summed E-state index contributed by atoms with van der Waals surface area (Å²) >= 11 is 12.8. The third-order valence-corrected chi connectivity index (χ3v) is 2.91. The van der Waals surface area contributed by atoms with E-state index in [1.165, 1.54) is 11.8 Å². The molecule has 78 valence electrons. The molecule has 0 fully saturated rings. The summed E-state index contributed by atoms with van der Waals surface area (Å²) in [5, 5.41) is 8.19. The fraction of sp³-hybridized carbons (Fsp3) is 0.125. The van der Waals surface area contributed by atoms with Crippen molar-refractivity contribution < 1.29 is 0 Å². The Labute approximate surface area is 107 Å². The molecule has 0 amide bonds. The van der Waals surface area contributed by atoms with Gasteiger partial charge in [-0.1, -0.05) is 41.0 Å². The van der Waals surface area contributed by atoms with Gasteiger partial charge in [-0.2, -0.15) is 0 Å². The summed E-state index contributed by atoms with van der Waals surface area (Å²) in [6, 6.07) is 5.38. The number of hydrogen-bond donors (Lipinski definition) is 2. The van der Waals surface area contributed by atoms with Crippen LogP contribution in [0.3, 0.4) is 0 Å². The molecule has 0 aromatic heterocycles. The molecule has 0 spiro atoms. The van der Waals surface area contributed by atoms with Crippen LogP contribution in [0, 0.1) is 5.41 Å². The molecule has 3 N–H and O–H groups in total. The highest BCUT2D eigenvalue weighted by Gasteiger charge is 2.00. The molecule has 0 radical (unpaired) electrons. The van der Waals surface area contributed by atoms with Crippen molar-refractivity contribution >= 4 is 57.1 Å². The number of rotatable bonds is 2. The molecule has 0 aliphatic heterocycles. The molecule has 1 rings (SSSR count). The van der Waals surface area contributed by atoms with Crippen molar-refractivity contribution in [3.63, 3.8) is 0 Å². The SMILES string of the molecule is Br.N=C(N)SCc1ccc(Cl)c(Cl)c1. The zero-order valence-corrected chi connectivity index (χ0v) is 11.1. The summed E-state index contributed by atoms with van der Waals surface area (Å²) in [7, 11) is 0. The van der Waals surface area contributed by atoms with E-state index >= 15 is 0 Å². The first-order valence-electron chi connectivity index (χ1n) is 3.50. The third-order valence-electron chi connectivity index (χ3n) is 1.38. The van der Waals surface area contributed by atoms with E-state index < -0.39 is 0 Å². The lowest BCUT2D eigenvalue weighted by molar-refractivity contribution is 1.42. The maximum atomic E-state index is 7.02. The van der Waals surface area contributed by atoms with Crippen molar-refractivity contribution in [2.24, 2.45) is 5.73 Å². The Balaban J connectivity index is 0.00000169. The molecule has 14 heavy (non-hydrogen) atoms. The molecular formula is C8H9BrCl2N2S. The first kappa shape index (κ1) is 14.1. The largest absolute Gasteiger partial charge is 0.379 e. The highest BCUT2D eigenvalue weighted by atomic mass is 79.9. The second-order valence-electron chi connectivity index (χ2n) is 2.40. The van der Waals surface area contributed by atoms with Gasteiger partial charge >= 0.3 is 0 Å². The molecule has 1 aromatic carbocycles. The van der Waals surface area contributed by atoms with Crippen LogP contribution in [-0.4, -0.2) is 5.17 Å². The lowest BCUT2D eigenvalue weighted by Gasteiger charge is -2.01. The van der Waals surface area contributed by atoms with Crippen LogP contribution in [0.25, 0.3) is 0 Å². The lowest BCUT2D eigenvalue weighted by atomic mass is 10.2. The summed E-state index contributed by atoms with van der Waals surface area (Å²) in [6.45, 7) is 0. The topological polar surface area (TPSA) is 49.9 Å². The number of benzene rings is 1. The van der Waals surface area contributed by atoms with E-state index in [2.05, 4.69) is 0 Å². The number of nitrogens with one attached hydrogen (secondary N) is 1. The molecule has 0 aliphatic rings. The van der Waals surface area contributed by atoms with Crippen LogP contribution in [0.2, 0.25) is 10.0 Å². The first-order chi connectivity index (χ1) is 6.09. The minimum absolute atomic E-state index is 0. The van der Waals surface area contributed by atoms with E-state index in [4.69, 9.17) is 34.3 Å². The molecule has 2 nitrogen and oxygen atoms in total. The van der Waals surface area contributed by atoms with Gasteiger partial charge in [-0.3, -0.25) is 5.41 Å². The quantitative estimate of drug-likeness (QED) is 0.646. The van der Waals surface area contributed by atoms with Gasteiger partial charge in [0.1, 0.15) is 0 Å². The minimum Gasteiger partial charge on any atom is -0.379 e. The van der Waals surface area contributed by atoms with E-state index in [1.807, 2.05) is 6.07 Å². The molecule has 0 bridgehead atoms. The number of hydrogen-bond acceptors (Lipinski definition) is 2. The Bertz CT molecular complexity index is 333. The number of thioether (sulfide) groups is 1. The van der Waals surface area contributed by atoms with Crippen LogP contribution in [0.5, 0.6) is 0 Å². The predicted molar refractivity (Wildman–Crippen MR) is 70.0 cm³/mol. The molecule has 0 aliphatic carbocycles. The Morgan fingerprint density at radius 3 is 2.50 bits per heavy atom. The van der Waals surface area contributed by atoms with Crippen molar-refractivity contribution in [2.75, 3.05) is 0 Å². The van der Waals surface area contributed by atoms with Crippen molar-refractivity contribution in [1.82, 2.24) is 0 Å². The first-order valence-corrected chi connectivity index (χ1v) is 5.24. The molecular weight excluding hydrogens is 307 g/mol. The van der Waals surface area contributed by atoms with Gasteiger partial charge < -0.3 is 5.73 Å². The summed E-state index contributed by atoms with van der Waals surface area (Å²) in [6.07, 6.45) is 0. The van der Waals surface area contributed by atoms with Crippen molar-refractivity contribution in [3.8, 4) is 0 Å². The maximum Gasteiger partial charge on any atom is 0.151 e. The van der Waals surface area contributed by atoms with Crippen molar-refractivity contribution in [2.45, 2.75) is 5.75 Å². The molecule has 6 heteroatoms. The monoisotopic (exact) mass is 314 g/mol. The van der Waals surface area contributed by atoms with Crippen LogP contribution in [0.4, 0.5) is 0 Å². The summed E-state index contributed by atoms with van der Waals surface area (Å²) in [4.78, 5) is 0. The van der Waals surface area contributed by atoms with E-state index in [-0.39, 0.29) is 22.1 Å². The van der Waals surface area contributed by atoms with Crippen LogP contribution in [0.1, 0.15) is 5.56 Å². The zero-order valence-electron chi connectivity index (χ0n) is 7.09. The fourth-order valence-corrected chi connectivity index (χ4v) is 1.61. The van der Waals surface area contributed by atoms with Crippen LogP contribution in [0.15, 0.2) is 18.2 Å². The molecule has 0 saturated heterocycles. The standard InChI is InChI=1S/C8H8Cl2N2S.BrH/c9-6-2-1-5(3-7(6)10)4-13-8(11)12;/h1-3H,4H2,(H3,11,12);1H. The number of halogens is 3. The normalized spacial score (nSPS) is 9.29. The summed E-state index contributed by atoms with van der Waals surface area (Å²) in [5.41, 5.74) is 6.20. The fourth-order valence-electron chi connectivity index (χ4n) is 0.791. The highest BCUT2D eigenvalue weighted by Crippen LogP contribution is 2.24. The maximum absolute atomic E-state index is 7.02. The second-order valence-corrected chi connectivity index (χ2v) is 4.23. The molecule has 0 unspecified atom stereocenters. The van der Waals surface area contributed by atoms with E-state index in [0.717, 1.165) is 5.56 Å². The minimum atomic E-state index is 0. The lowest BCUT2D eigenvalue weighted by Crippen LogP contribution is -2.03. The van der Waals surface area contributed by atoms with Gasteiger partial charge in [-0.15, -0.1) is 17.0 Å². The van der Waals surface area contributed by atoms with E-state index in [1.54, 1.807) is 12.1 Å². The summed E-state index contributed by atoms with van der Waals surface area (Å²) in [5.74, 6) is 0.645. The van der Waals surface area contributed by atoms with Gasteiger partial charge in [0.25, 0.3) is 0 Å². The molecule has 0 heterocycles. The zero-order chi connectivity index (χ0) is 9.84. The molecule has 0 saturated carbocycles. The van der Waals surface area contributed by atoms with E-state index in [0.29, 0.717) is 15.8 Å². The average molecular weight is 316 g/mol. The smallest absolute Gasteiger partial charge is 0.151 e. The predicted octanol–water partition coefficient (Wildman–Crippen LogP) is 3.70. The summed E-state index contributed by atoms with van der Waals surface area (Å²) < 4.78 is 0. The van der Waals surface area contributed by atoms with Gasteiger partial charge in [-0.25, -0.2) is 0 Å². The van der Waals surface area contributed by atoms with Gasteiger partial charge in [-0.05, 0) is 17.7 Å². The molecule has 1 aromatic rings.